The minimum absolute atomic E-state index is 0.0571. The lowest BCUT2D eigenvalue weighted by atomic mass is 10.3. The number of aromatic amines is 1. The smallest absolute Gasteiger partial charge is 0.305 e. The number of H-pyrrole nitrogens is 1. The minimum atomic E-state index is -3.62. The Morgan fingerprint density at radius 3 is 2.61 bits per heavy atom. The maximum Gasteiger partial charge on any atom is 0.305 e. The summed E-state index contributed by atoms with van der Waals surface area (Å²) >= 11 is 2.21. The van der Waals surface area contributed by atoms with Gasteiger partial charge in [0.25, 0.3) is 10.0 Å². The molecule has 0 saturated carbocycles. The fraction of sp³-hybridized carbons (Fsp3) is 0.300. The monoisotopic (exact) mass is 304 g/mol. The van der Waals surface area contributed by atoms with Gasteiger partial charge in [0.2, 0.25) is 0 Å². The van der Waals surface area contributed by atoms with Crippen molar-refractivity contribution in [3.63, 3.8) is 0 Å². The molecule has 0 aromatic carbocycles. The van der Waals surface area contributed by atoms with E-state index in [4.69, 9.17) is 0 Å². The Labute approximate surface area is 113 Å². The quantitative estimate of drug-likeness (QED) is 0.900. The van der Waals surface area contributed by atoms with Gasteiger partial charge in [0, 0.05) is 17.1 Å². The van der Waals surface area contributed by atoms with E-state index in [1.807, 2.05) is 18.4 Å². The molecule has 5 nitrogen and oxygen atoms in total. The first kappa shape index (κ1) is 13.5. The molecule has 2 heterocycles. The third-order valence-corrected chi connectivity index (χ3v) is 6.45. The van der Waals surface area contributed by atoms with Crippen molar-refractivity contribution in [2.45, 2.75) is 24.6 Å². The predicted molar refractivity (Wildman–Crippen MR) is 72.8 cm³/mol. The van der Waals surface area contributed by atoms with Crippen molar-refractivity contribution >= 4 is 32.7 Å². The van der Waals surface area contributed by atoms with Crippen LogP contribution in [0.2, 0.25) is 0 Å². The second-order valence-corrected chi connectivity index (χ2v) is 7.72. The summed E-state index contributed by atoms with van der Waals surface area (Å²) in [6.07, 6.45) is 0. The Balaban J connectivity index is 2.21. The van der Waals surface area contributed by atoms with Crippen LogP contribution in [0.15, 0.2) is 20.5 Å². The van der Waals surface area contributed by atoms with Crippen LogP contribution in [0.5, 0.6) is 0 Å². The van der Waals surface area contributed by atoms with Crippen LogP contribution < -0.4 is 9.60 Å². The fourth-order valence-electron chi connectivity index (χ4n) is 1.46. The summed E-state index contributed by atoms with van der Waals surface area (Å²) in [6, 6.07) is 1.94. The number of aromatic nitrogens is 1. The fourth-order valence-corrected chi connectivity index (χ4v) is 4.73. The zero-order valence-electron chi connectivity index (χ0n) is 9.81. The molecule has 98 valence electrons. The van der Waals surface area contributed by atoms with Gasteiger partial charge in [0.05, 0.1) is 0 Å². The van der Waals surface area contributed by atoms with Crippen molar-refractivity contribution in [1.82, 2.24) is 9.71 Å². The van der Waals surface area contributed by atoms with Gasteiger partial charge in [-0.25, -0.2) is 13.1 Å². The van der Waals surface area contributed by atoms with E-state index >= 15 is 0 Å². The van der Waals surface area contributed by atoms with Gasteiger partial charge in [-0.3, -0.25) is 4.79 Å². The Kier molecular flexibility index (Phi) is 3.71. The Morgan fingerprint density at radius 1 is 1.39 bits per heavy atom. The van der Waals surface area contributed by atoms with Crippen molar-refractivity contribution in [3.05, 3.63) is 37.2 Å². The average Bonchev–Trinajstić information content (AvgIpc) is 2.82. The van der Waals surface area contributed by atoms with Crippen LogP contribution in [0.25, 0.3) is 0 Å². The lowest BCUT2D eigenvalue weighted by Gasteiger charge is -2.04. The molecule has 0 aliphatic rings. The van der Waals surface area contributed by atoms with E-state index in [2.05, 4.69) is 9.71 Å². The van der Waals surface area contributed by atoms with Crippen LogP contribution in [0.1, 0.15) is 16.1 Å². The van der Waals surface area contributed by atoms with Gasteiger partial charge >= 0.3 is 4.87 Å². The molecular weight excluding hydrogens is 292 g/mol. The van der Waals surface area contributed by atoms with Crippen LogP contribution in [-0.2, 0) is 16.6 Å². The number of sulfonamides is 1. The lowest BCUT2D eigenvalue weighted by molar-refractivity contribution is 0.583. The first-order valence-corrected chi connectivity index (χ1v) is 8.30. The molecule has 18 heavy (non-hydrogen) atoms. The summed E-state index contributed by atoms with van der Waals surface area (Å²) < 4.78 is 26.6. The maximum absolute atomic E-state index is 12.0. The highest BCUT2D eigenvalue weighted by Crippen LogP contribution is 2.19. The molecule has 8 heteroatoms. The van der Waals surface area contributed by atoms with Crippen LogP contribution in [0.3, 0.4) is 0 Å². The molecule has 0 spiro atoms. The van der Waals surface area contributed by atoms with Crippen molar-refractivity contribution in [2.75, 3.05) is 0 Å². The molecule has 0 radical (unpaired) electrons. The van der Waals surface area contributed by atoms with Gasteiger partial charge < -0.3 is 4.98 Å². The van der Waals surface area contributed by atoms with Gasteiger partial charge in [-0.1, -0.05) is 11.3 Å². The minimum Gasteiger partial charge on any atom is -0.315 e. The number of thiazole rings is 1. The van der Waals surface area contributed by atoms with E-state index in [1.54, 1.807) is 6.92 Å². The zero-order chi connectivity index (χ0) is 13.3. The van der Waals surface area contributed by atoms with Crippen molar-refractivity contribution < 1.29 is 8.42 Å². The highest BCUT2D eigenvalue weighted by Gasteiger charge is 2.20. The molecule has 2 rings (SSSR count). The average molecular weight is 304 g/mol. The van der Waals surface area contributed by atoms with E-state index < -0.39 is 10.0 Å². The second-order valence-electron chi connectivity index (χ2n) is 3.78. The van der Waals surface area contributed by atoms with Crippen molar-refractivity contribution in [1.29, 1.82) is 0 Å². The van der Waals surface area contributed by atoms with E-state index in [0.29, 0.717) is 17.0 Å². The number of rotatable bonds is 4. The largest absolute Gasteiger partial charge is 0.315 e. The van der Waals surface area contributed by atoms with E-state index in [9.17, 15) is 13.2 Å². The van der Waals surface area contributed by atoms with Crippen molar-refractivity contribution in [2.24, 2.45) is 0 Å². The Hall–Kier alpha value is -0.960. The maximum atomic E-state index is 12.0. The van der Waals surface area contributed by atoms with Crippen LogP contribution in [0.4, 0.5) is 0 Å². The number of nitrogens with one attached hydrogen (secondary N) is 2. The Morgan fingerprint density at radius 2 is 2.11 bits per heavy atom. The summed E-state index contributed by atoms with van der Waals surface area (Å²) in [5.41, 5.74) is 1.43. The van der Waals surface area contributed by atoms with E-state index in [0.717, 1.165) is 10.4 Å². The number of hydrogen-bond acceptors (Lipinski definition) is 5. The normalized spacial score (nSPS) is 11.9. The topological polar surface area (TPSA) is 79.0 Å². The Bertz CT molecular complexity index is 709. The van der Waals surface area contributed by atoms with Crippen molar-refractivity contribution in [3.8, 4) is 0 Å². The third kappa shape index (κ3) is 2.72. The van der Waals surface area contributed by atoms with E-state index in [-0.39, 0.29) is 15.6 Å². The van der Waals surface area contributed by atoms with Gasteiger partial charge in [-0.15, -0.1) is 11.3 Å². The molecule has 0 saturated heterocycles. The lowest BCUT2D eigenvalue weighted by Crippen LogP contribution is -2.22. The summed E-state index contributed by atoms with van der Waals surface area (Å²) in [4.78, 5) is 14.2. The molecule has 0 bridgehead atoms. The highest BCUT2D eigenvalue weighted by molar-refractivity contribution is 7.91. The molecule has 2 aromatic heterocycles. The highest BCUT2D eigenvalue weighted by atomic mass is 32.2. The SMILES string of the molecule is Cc1ccsc1CNS(=O)(=O)c1sc(=O)[nH]c1C. The van der Waals surface area contributed by atoms with E-state index in [1.165, 1.54) is 11.3 Å². The zero-order valence-corrected chi connectivity index (χ0v) is 12.3. The molecule has 2 N–H and O–H groups in total. The molecule has 0 amide bonds. The van der Waals surface area contributed by atoms with Gasteiger partial charge in [-0.05, 0) is 30.9 Å². The van der Waals surface area contributed by atoms with Gasteiger partial charge in [0.15, 0.2) is 4.21 Å². The molecule has 0 fully saturated rings. The summed E-state index contributed by atoms with van der Waals surface area (Å²) in [5.74, 6) is 0. The number of thiophene rings is 1. The standard InChI is InChI=1S/C10H12N2O3S3/c1-6-3-4-16-8(6)5-11-18(14,15)9-7(2)12-10(13)17-9/h3-4,11H,5H2,1-2H3,(H,12,13). The van der Waals surface area contributed by atoms with Crippen LogP contribution >= 0.6 is 22.7 Å². The summed E-state index contributed by atoms with van der Waals surface area (Å²) in [5, 5.41) is 1.92. The molecule has 0 aliphatic carbocycles. The molecule has 0 aliphatic heterocycles. The summed E-state index contributed by atoms with van der Waals surface area (Å²) in [7, 11) is -3.62. The molecular formula is C10H12N2O3S3. The van der Waals surface area contributed by atoms with Gasteiger partial charge in [-0.2, -0.15) is 0 Å². The number of hydrogen-bond donors (Lipinski definition) is 2. The van der Waals surface area contributed by atoms with Gasteiger partial charge in [0.1, 0.15) is 0 Å². The summed E-state index contributed by atoms with van der Waals surface area (Å²) in [6.45, 7) is 3.75. The molecule has 0 unspecified atom stereocenters. The first-order valence-electron chi connectivity index (χ1n) is 5.12. The first-order chi connectivity index (χ1) is 8.40. The third-order valence-electron chi connectivity index (χ3n) is 2.42. The van der Waals surface area contributed by atoms with Crippen LogP contribution in [0, 0.1) is 13.8 Å². The molecule has 0 atom stereocenters. The van der Waals surface area contributed by atoms with Crippen LogP contribution in [-0.4, -0.2) is 13.4 Å². The molecule has 2 aromatic rings. The number of aryl methyl sites for hydroxylation is 2. The second kappa shape index (κ2) is 4.96. The predicted octanol–water partition coefficient (Wildman–Crippen LogP) is 1.59.